The normalized spacial score (nSPS) is 20.0. The Labute approximate surface area is 75.1 Å². The summed E-state index contributed by atoms with van der Waals surface area (Å²) >= 11 is 0. The van der Waals surface area contributed by atoms with Crippen LogP contribution in [0, 0.1) is 23.7 Å². The summed E-state index contributed by atoms with van der Waals surface area (Å²) in [6.07, 6.45) is 10.9. The van der Waals surface area contributed by atoms with E-state index in [1.165, 1.54) is 25.7 Å². The van der Waals surface area contributed by atoms with Gasteiger partial charge in [-0.25, -0.2) is 0 Å². The molecule has 1 aliphatic rings. The smallest absolute Gasteiger partial charge is 0.00922 e. The van der Waals surface area contributed by atoms with Crippen molar-refractivity contribution in [3.63, 3.8) is 0 Å². The first-order chi connectivity index (χ1) is 6.00. The number of hydrogen-bond donors (Lipinski definition) is 0. The highest BCUT2D eigenvalue weighted by Crippen LogP contribution is 2.04. The minimum atomic E-state index is 1.04. The van der Waals surface area contributed by atoms with Gasteiger partial charge in [-0.05, 0) is 25.0 Å². The van der Waals surface area contributed by atoms with Gasteiger partial charge in [-0.3, -0.25) is 0 Å². The number of allylic oxidation sites excluding steroid dienone is 2. The van der Waals surface area contributed by atoms with Crippen LogP contribution >= 0.6 is 0 Å². The van der Waals surface area contributed by atoms with Gasteiger partial charge in [0.25, 0.3) is 0 Å². The second-order valence-electron chi connectivity index (χ2n) is 2.89. The van der Waals surface area contributed by atoms with E-state index in [0.29, 0.717) is 0 Å². The molecule has 0 saturated heterocycles. The van der Waals surface area contributed by atoms with E-state index in [9.17, 15) is 0 Å². The summed E-state index contributed by atoms with van der Waals surface area (Å²) < 4.78 is 0. The molecule has 0 heteroatoms. The van der Waals surface area contributed by atoms with Gasteiger partial charge in [-0.1, -0.05) is 36.5 Å². The van der Waals surface area contributed by atoms with Gasteiger partial charge in [-0.2, -0.15) is 0 Å². The molecule has 0 saturated carbocycles. The molecule has 0 unspecified atom stereocenters. The van der Waals surface area contributed by atoms with Crippen LogP contribution in [0.4, 0.5) is 0 Å². The molecule has 0 aromatic heterocycles. The predicted octanol–water partition coefficient (Wildman–Crippen LogP) is 2.90. The summed E-state index contributed by atoms with van der Waals surface area (Å²) in [6, 6.07) is 0. The fourth-order valence-electron chi connectivity index (χ4n) is 1.13. The lowest BCUT2D eigenvalue weighted by atomic mass is 10.1. The highest BCUT2D eigenvalue weighted by atomic mass is 13.9. The second kappa shape index (κ2) is 6.56. The average molecular weight is 158 g/mol. The van der Waals surface area contributed by atoms with Crippen LogP contribution in [0.2, 0.25) is 0 Å². The zero-order valence-corrected chi connectivity index (χ0v) is 7.40. The highest BCUT2D eigenvalue weighted by molar-refractivity contribution is 5.24. The molecule has 0 bridgehead atoms. The molecule has 0 nitrogen and oxygen atoms in total. The molecule has 0 aromatic rings. The maximum atomic E-state index is 3.10. The van der Waals surface area contributed by atoms with Crippen LogP contribution in [0.15, 0.2) is 12.2 Å². The van der Waals surface area contributed by atoms with Crippen LogP contribution in [0.1, 0.15) is 38.5 Å². The van der Waals surface area contributed by atoms with Crippen molar-refractivity contribution in [2.24, 2.45) is 0 Å². The Morgan fingerprint density at radius 3 is 1.67 bits per heavy atom. The molecule has 0 heterocycles. The fourth-order valence-corrected chi connectivity index (χ4v) is 1.13. The van der Waals surface area contributed by atoms with Gasteiger partial charge in [0.1, 0.15) is 0 Å². The number of rotatable bonds is 0. The Bertz CT molecular complexity index is 221. The van der Waals surface area contributed by atoms with Gasteiger partial charge in [0.05, 0.1) is 0 Å². The van der Waals surface area contributed by atoms with Gasteiger partial charge < -0.3 is 0 Å². The molecule has 1 rings (SSSR count). The first-order valence-electron chi connectivity index (χ1n) is 4.62. The Kier molecular flexibility index (Phi) is 4.90. The van der Waals surface area contributed by atoms with Gasteiger partial charge >= 0.3 is 0 Å². The third-order valence-corrected chi connectivity index (χ3v) is 1.81. The lowest BCUT2D eigenvalue weighted by Gasteiger charge is -1.94. The molecule has 0 aliphatic heterocycles. The third-order valence-electron chi connectivity index (χ3n) is 1.81. The van der Waals surface area contributed by atoms with Crippen molar-refractivity contribution in [1.82, 2.24) is 0 Å². The van der Waals surface area contributed by atoms with Gasteiger partial charge in [-0.15, -0.1) is 0 Å². The quantitative estimate of drug-likeness (QED) is 0.475. The molecular formula is C12H14. The van der Waals surface area contributed by atoms with Crippen molar-refractivity contribution in [2.75, 3.05) is 0 Å². The highest BCUT2D eigenvalue weighted by Gasteiger charge is 1.87. The third kappa shape index (κ3) is 4.64. The molecule has 0 amide bonds. The monoisotopic (exact) mass is 158 g/mol. The van der Waals surface area contributed by atoms with E-state index in [2.05, 4.69) is 23.7 Å². The largest absolute Gasteiger partial charge is 0.0985 e. The van der Waals surface area contributed by atoms with Gasteiger partial charge in [0.15, 0.2) is 0 Å². The summed E-state index contributed by atoms with van der Waals surface area (Å²) in [4.78, 5) is 0. The van der Waals surface area contributed by atoms with Crippen molar-refractivity contribution in [1.29, 1.82) is 0 Å². The summed E-state index contributed by atoms with van der Waals surface area (Å²) in [5.41, 5.74) is 0. The van der Waals surface area contributed by atoms with Crippen LogP contribution in [-0.4, -0.2) is 0 Å². The van der Waals surface area contributed by atoms with E-state index in [1.807, 2.05) is 12.2 Å². The molecule has 0 radical (unpaired) electrons. The molecule has 12 heavy (non-hydrogen) atoms. The van der Waals surface area contributed by atoms with Gasteiger partial charge in [0, 0.05) is 12.8 Å². The first kappa shape index (κ1) is 8.95. The Hall–Kier alpha value is -1.14. The summed E-state index contributed by atoms with van der Waals surface area (Å²) in [5, 5.41) is 0. The Balaban J connectivity index is 2.41. The maximum Gasteiger partial charge on any atom is 0.00922 e. The minimum absolute atomic E-state index is 1.04. The van der Waals surface area contributed by atoms with Crippen LogP contribution in [-0.2, 0) is 0 Å². The zero-order chi connectivity index (χ0) is 8.49. The lowest BCUT2D eigenvalue weighted by molar-refractivity contribution is 0.661. The summed E-state index contributed by atoms with van der Waals surface area (Å²) in [6.45, 7) is 0. The topological polar surface area (TPSA) is 0 Å². The second-order valence-corrected chi connectivity index (χ2v) is 2.89. The first-order valence-corrected chi connectivity index (χ1v) is 4.62. The molecule has 1 aliphatic carbocycles. The average Bonchev–Trinajstić information content (AvgIpc) is 2.05. The molecule has 62 valence electrons. The summed E-state index contributed by atoms with van der Waals surface area (Å²) in [5.74, 6) is 12.1. The summed E-state index contributed by atoms with van der Waals surface area (Å²) in [7, 11) is 0. The molecule has 0 fully saturated rings. The molecule has 0 aromatic carbocycles. The maximum absolute atomic E-state index is 3.10. The van der Waals surface area contributed by atoms with Crippen molar-refractivity contribution < 1.29 is 0 Å². The van der Waals surface area contributed by atoms with E-state index in [1.54, 1.807) is 0 Å². The van der Waals surface area contributed by atoms with E-state index < -0.39 is 0 Å². The Morgan fingerprint density at radius 1 is 0.667 bits per heavy atom. The van der Waals surface area contributed by atoms with Crippen molar-refractivity contribution >= 4 is 0 Å². The van der Waals surface area contributed by atoms with Crippen molar-refractivity contribution in [3.05, 3.63) is 12.2 Å². The van der Waals surface area contributed by atoms with Crippen LogP contribution in [0.3, 0.4) is 0 Å². The fraction of sp³-hybridized carbons (Fsp3) is 0.500. The van der Waals surface area contributed by atoms with E-state index in [0.717, 1.165) is 12.8 Å². The minimum Gasteiger partial charge on any atom is -0.0985 e. The molecular weight excluding hydrogens is 144 g/mol. The van der Waals surface area contributed by atoms with E-state index >= 15 is 0 Å². The van der Waals surface area contributed by atoms with E-state index in [4.69, 9.17) is 0 Å². The molecule has 0 spiro atoms. The Morgan fingerprint density at radius 2 is 1.17 bits per heavy atom. The van der Waals surface area contributed by atoms with Crippen molar-refractivity contribution in [2.45, 2.75) is 38.5 Å². The number of hydrogen-bond acceptors (Lipinski definition) is 0. The van der Waals surface area contributed by atoms with Crippen LogP contribution in [0.5, 0.6) is 0 Å². The standard InChI is InChI=1S/C12H14/c1-2-4-6-8-10-12-11-9-7-5-3-1/h1-2H,7-12H2/b2-1+. The predicted molar refractivity (Wildman–Crippen MR) is 52.4 cm³/mol. The van der Waals surface area contributed by atoms with Gasteiger partial charge in [0.2, 0.25) is 0 Å². The van der Waals surface area contributed by atoms with E-state index in [-0.39, 0.29) is 0 Å². The zero-order valence-electron chi connectivity index (χ0n) is 7.40. The molecule has 0 atom stereocenters. The molecule has 0 N–H and O–H groups in total. The lowest BCUT2D eigenvalue weighted by Crippen LogP contribution is -1.77. The van der Waals surface area contributed by atoms with Crippen LogP contribution < -0.4 is 0 Å². The SMILES string of the molecule is C1#CCCCCCCC#C/C=C/1. The van der Waals surface area contributed by atoms with Crippen LogP contribution in [0.25, 0.3) is 0 Å². The van der Waals surface area contributed by atoms with Crippen molar-refractivity contribution in [3.8, 4) is 23.7 Å².